The van der Waals surface area contributed by atoms with Crippen LogP contribution in [-0.2, 0) is 6.54 Å². The van der Waals surface area contributed by atoms with Gasteiger partial charge in [-0.05, 0) is 25.7 Å². The fraction of sp³-hybridized carbons (Fsp3) is 0.692. The van der Waals surface area contributed by atoms with Gasteiger partial charge < -0.3 is 14.7 Å². The predicted molar refractivity (Wildman–Crippen MR) is 86.8 cm³/mol. The molecule has 1 aliphatic heterocycles. The third kappa shape index (κ3) is 4.67. The van der Waals surface area contributed by atoms with Gasteiger partial charge in [-0.1, -0.05) is 12.1 Å². The average molecular weight is 378 g/mol. The number of halogens is 1. The van der Waals surface area contributed by atoms with Crippen molar-refractivity contribution in [1.82, 2.24) is 15.4 Å². The summed E-state index contributed by atoms with van der Waals surface area (Å²) >= 11 is 0. The summed E-state index contributed by atoms with van der Waals surface area (Å²) in [7, 11) is 1.83. The fourth-order valence-electron chi connectivity index (χ4n) is 2.22. The van der Waals surface area contributed by atoms with E-state index in [9.17, 15) is 0 Å². The summed E-state index contributed by atoms with van der Waals surface area (Å²) in [5.41, 5.74) is 0.911. The minimum Gasteiger partial charge on any atom is -0.359 e. The number of aryl methyl sites for hydroxylation is 1. The maximum atomic E-state index is 5.18. The van der Waals surface area contributed by atoms with Crippen molar-refractivity contribution in [3.05, 3.63) is 17.5 Å². The molecule has 0 bridgehead atoms. The summed E-state index contributed by atoms with van der Waals surface area (Å²) in [6.07, 6.45) is 2.48. The Morgan fingerprint density at radius 2 is 2.21 bits per heavy atom. The van der Waals surface area contributed by atoms with Crippen LogP contribution in [0.15, 0.2) is 15.6 Å². The van der Waals surface area contributed by atoms with E-state index in [-0.39, 0.29) is 24.0 Å². The molecule has 2 heterocycles. The molecule has 6 heteroatoms. The van der Waals surface area contributed by atoms with Crippen LogP contribution in [0.4, 0.5) is 0 Å². The summed E-state index contributed by atoms with van der Waals surface area (Å²) < 4.78 is 5.18. The van der Waals surface area contributed by atoms with Crippen molar-refractivity contribution in [3.63, 3.8) is 0 Å². The average Bonchev–Trinajstić information content (AvgIpc) is 2.78. The number of nitrogens with one attached hydrogen (secondary N) is 1. The van der Waals surface area contributed by atoms with Crippen molar-refractivity contribution in [2.24, 2.45) is 10.9 Å². The second-order valence-electron chi connectivity index (χ2n) is 5.00. The predicted octanol–water partition coefficient (Wildman–Crippen LogP) is 2.41. The molecule has 1 fully saturated rings. The molecule has 1 aliphatic rings. The Morgan fingerprint density at radius 3 is 2.74 bits per heavy atom. The Hall–Kier alpha value is -0.790. The van der Waals surface area contributed by atoms with Crippen LogP contribution >= 0.6 is 24.0 Å². The summed E-state index contributed by atoms with van der Waals surface area (Å²) in [4.78, 5) is 6.64. The third-order valence-corrected chi connectivity index (χ3v) is 3.39. The standard InChI is InChI=1S/C13H22N4O.HI/c1-10-4-6-17(7-5-10)13(14-3)15-9-12-8-11(2)16-18-12;/h8,10H,4-7,9H2,1-3H3,(H,14,15);1H. The number of nitrogens with zero attached hydrogens (tertiary/aromatic N) is 3. The van der Waals surface area contributed by atoms with Crippen molar-refractivity contribution in [2.75, 3.05) is 20.1 Å². The van der Waals surface area contributed by atoms with Gasteiger partial charge in [0, 0.05) is 26.2 Å². The summed E-state index contributed by atoms with van der Waals surface area (Å²) in [5.74, 6) is 2.63. The lowest BCUT2D eigenvalue weighted by atomic mass is 10.00. The molecule has 0 unspecified atom stereocenters. The summed E-state index contributed by atoms with van der Waals surface area (Å²) in [5, 5.41) is 7.20. The molecule has 1 saturated heterocycles. The minimum absolute atomic E-state index is 0. The van der Waals surface area contributed by atoms with Crippen LogP contribution in [0.2, 0.25) is 0 Å². The molecule has 1 N–H and O–H groups in total. The largest absolute Gasteiger partial charge is 0.359 e. The van der Waals surface area contributed by atoms with Crippen molar-refractivity contribution >= 4 is 29.9 Å². The first-order valence-corrected chi connectivity index (χ1v) is 6.57. The van der Waals surface area contributed by atoms with Gasteiger partial charge in [-0.15, -0.1) is 24.0 Å². The molecule has 0 amide bonds. The maximum absolute atomic E-state index is 5.18. The number of rotatable bonds is 2. The molecule has 1 aromatic rings. The van der Waals surface area contributed by atoms with Gasteiger partial charge in [0.2, 0.25) is 0 Å². The lowest BCUT2D eigenvalue weighted by Gasteiger charge is -2.32. The van der Waals surface area contributed by atoms with Gasteiger partial charge in [0.15, 0.2) is 11.7 Å². The molecule has 0 aliphatic carbocycles. The first kappa shape index (κ1) is 16.3. The van der Waals surface area contributed by atoms with Gasteiger partial charge in [0.1, 0.15) is 0 Å². The number of aliphatic imine (C=N–C) groups is 1. The van der Waals surface area contributed by atoms with Gasteiger partial charge in [0.05, 0.1) is 12.2 Å². The van der Waals surface area contributed by atoms with E-state index in [1.807, 2.05) is 20.0 Å². The van der Waals surface area contributed by atoms with E-state index in [1.165, 1.54) is 12.8 Å². The Bertz CT molecular complexity index is 411. The lowest BCUT2D eigenvalue weighted by Crippen LogP contribution is -2.45. The number of aromatic nitrogens is 1. The fourth-order valence-corrected chi connectivity index (χ4v) is 2.22. The van der Waals surface area contributed by atoms with Gasteiger partial charge >= 0.3 is 0 Å². The summed E-state index contributed by atoms with van der Waals surface area (Å²) in [6.45, 7) is 7.03. The highest BCUT2D eigenvalue weighted by molar-refractivity contribution is 14.0. The Kier molecular flexibility index (Phi) is 6.60. The second-order valence-corrected chi connectivity index (χ2v) is 5.00. The lowest BCUT2D eigenvalue weighted by molar-refractivity contribution is 0.272. The zero-order chi connectivity index (χ0) is 13.0. The summed E-state index contributed by atoms with van der Waals surface area (Å²) in [6, 6.07) is 1.94. The molecule has 0 spiro atoms. The molecule has 5 nitrogen and oxygen atoms in total. The van der Waals surface area contributed by atoms with Crippen LogP contribution in [-0.4, -0.2) is 36.2 Å². The van der Waals surface area contributed by atoms with Crippen LogP contribution in [0.3, 0.4) is 0 Å². The van der Waals surface area contributed by atoms with Crippen LogP contribution in [0, 0.1) is 12.8 Å². The SMILES string of the molecule is CN=C(NCc1cc(C)no1)N1CCC(C)CC1.I. The topological polar surface area (TPSA) is 53.7 Å². The highest BCUT2D eigenvalue weighted by Crippen LogP contribution is 2.15. The van der Waals surface area contributed by atoms with Gasteiger partial charge in [-0.2, -0.15) is 0 Å². The normalized spacial score (nSPS) is 17.2. The molecule has 2 rings (SSSR count). The first-order valence-electron chi connectivity index (χ1n) is 6.57. The number of guanidine groups is 1. The molecule has 108 valence electrons. The van der Waals surface area contributed by atoms with Crippen molar-refractivity contribution in [1.29, 1.82) is 0 Å². The molecule has 0 saturated carbocycles. The van der Waals surface area contributed by atoms with Crippen molar-refractivity contribution in [3.8, 4) is 0 Å². The quantitative estimate of drug-likeness (QED) is 0.488. The first-order chi connectivity index (χ1) is 8.69. The van der Waals surface area contributed by atoms with Crippen molar-refractivity contribution < 1.29 is 4.52 Å². The van der Waals surface area contributed by atoms with Gasteiger partial charge in [0.25, 0.3) is 0 Å². The van der Waals surface area contributed by atoms with Crippen LogP contribution in [0.25, 0.3) is 0 Å². The Labute approximate surface area is 131 Å². The Morgan fingerprint density at radius 1 is 1.53 bits per heavy atom. The smallest absolute Gasteiger partial charge is 0.194 e. The number of hydrogen-bond acceptors (Lipinski definition) is 3. The van der Waals surface area contributed by atoms with E-state index < -0.39 is 0 Å². The zero-order valence-electron chi connectivity index (χ0n) is 11.8. The van der Waals surface area contributed by atoms with E-state index in [4.69, 9.17) is 4.52 Å². The molecular formula is C13H23IN4O. The number of likely N-dealkylation sites (tertiary alicyclic amines) is 1. The van der Waals surface area contributed by atoms with Crippen LogP contribution in [0.1, 0.15) is 31.2 Å². The zero-order valence-corrected chi connectivity index (χ0v) is 14.2. The number of piperidine rings is 1. The van der Waals surface area contributed by atoms with Gasteiger partial charge in [-0.3, -0.25) is 4.99 Å². The van der Waals surface area contributed by atoms with Crippen molar-refractivity contribution in [2.45, 2.75) is 33.2 Å². The van der Waals surface area contributed by atoms with Crippen LogP contribution in [0.5, 0.6) is 0 Å². The molecule has 0 atom stereocenters. The highest BCUT2D eigenvalue weighted by atomic mass is 127. The Balaban J connectivity index is 0.00000180. The maximum Gasteiger partial charge on any atom is 0.194 e. The van der Waals surface area contributed by atoms with Gasteiger partial charge in [-0.25, -0.2) is 0 Å². The van der Waals surface area contributed by atoms with E-state index in [0.29, 0.717) is 6.54 Å². The van der Waals surface area contributed by atoms with E-state index >= 15 is 0 Å². The van der Waals surface area contributed by atoms with E-state index in [1.54, 1.807) is 0 Å². The monoisotopic (exact) mass is 378 g/mol. The van der Waals surface area contributed by atoms with E-state index in [2.05, 4.69) is 27.3 Å². The third-order valence-electron chi connectivity index (χ3n) is 3.39. The highest BCUT2D eigenvalue weighted by Gasteiger charge is 2.18. The molecule has 19 heavy (non-hydrogen) atoms. The van der Waals surface area contributed by atoms with Crippen LogP contribution < -0.4 is 5.32 Å². The molecule has 0 radical (unpaired) electrons. The molecule has 1 aromatic heterocycles. The molecule has 0 aromatic carbocycles. The second kappa shape index (κ2) is 7.72. The minimum atomic E-state index is 0. The number of hydrogen-bond donors (Lipinski definition) is 1. The molecular weight excluding hydrogens is 355 g/mol. The van der Waals surface area contributed by atoms with E-state index in [0.717, 1.165) is 36.4 Å².